The number of ether oxygens (including phenoxy) is 1. The Morgan fingerprint density at radius 3 is 3.00 bits per heavy atom. The average molecular weight is 212 g/mol. The van der Waals surface area contributed by atoms with Gasteiger partial charge in [0.1, 0.15) is 11.3 Å². The normalized spacial score (nSPS) is 10.0. The molecule has 0 fully saturated rings. The first-order chi connectivity index (χ1) is 7.86. The van der Waals surface area contributed by atoms with Crippen LogP contribution in [0.2, 0.25) is 0 Å². The molecule has 0 atom stereocenters. The van der Waals surface area contributed by atoms with Gasteiger partial charge < -0.3 is 4.74 Å². The number of nitrogens with zero attached hydrogens (tertiary/aromatic N) is 2. The van der Waals surface area contributed by atoms with Gasteiger partial charge in [0, 0.05) is 11.6 Å². The molecule has 0 amide bonds. The fraction of sp³-hybridized carbons (Fsp3) is 0.231. The van der Waals surface area contributed by atoms with Crippen molar-refractivity contribution in [3.8, 4) is 11.8 Å². The predicted octanol–water partition coefficient (Wildman–Crippen LogP) is 2.90. The fourth-order valence-corrected chi connectivity index (χ4v) is 1.57. The van der Waals surface area contributed by atoms with Gasteiger partial charge in [-0.15, -0.1) is 0 Å². The van der Waals surface area contributed by atoms with Crippen LogP contribution in [0.3, 0.4) is 0 Å². The molecule has 2 aromatic rings. The summed E-state index contributed by atoms with van der Waals surface area (Å²) in [5, 5.41) is 9.83. The van der Waals surface area contributed by atoms with Crippen LogP contribution in [0, 0.1) is 11.3 Å². The molecule has 16 heavy (non-hydrogen) atoms. The summed E-state index contributed by atoms with van der Waals surface area (Å²) in [4.78, 5) is 4.27. The van der Waals surface area contributed by atoms with Crippen LogP contribution >= 0.6 is 0 Å². The summed E-state index contributed by atoms with van der Waals surface area (Å²) in [5.41, 5.74) is 1.39. The minimum atomic E-state index is 0.631. The second-order valence-electron chi connectivity index (χ2n) is 3.47. The summed E-state index contributed by atoms with van der Waals surface area (Å²) >= 11 is 0. The molecule has 0 spiro atoms. The Hall–Kier alpha value is -2.08. The summed E-state index contributed by atoms with van der Waals surface area (Å²) in [6, 6.07) is 9.45. The van der Waals surface area contributed by atoms with Gasteiger partial charge >= 0.3 is 0 Å². The molecule has 1 heterocycles. The Morgan fingerprint density at radius 2 is 2.25 bits per heavy atom. The van der Waals surface area contributed by atoms with Crippen LogP contribution in [0.4, 0.5) is 0 Å². The molecule has 0 bridgehead atoms. The molecule has 0 aliphatic heterocycles. The second-order valence-corrected chi connectivity index (χ2v) is 3.47. The highest BCUT2D eigenvalue weighted by molar-refractivity contribution is 5.89. The lowest BCUT2D eigenvalue weighted by Gasteiger charge is -2.08. The molecular weight excluding hydrogens is 200 g/mol. The third-order valence-corrected chi connectivity index (χ3v) is 2.31. The van der Waals surface area contributed by atoms with Crippen LogP contribution in [0.25, 0.3) is 10.9 Å². The van der Waals surface area contributed by atoms with Gasteiger partial charge in [-0.25, -0.2) is 0 Å². The molecule has 2 rings (SSSR count). The van der Waals surface area contributed by atoms with Crippen LogP contribution in [-0.2, 0) is 0 Å². The highest BCUT2D eigenvalue weighted by atomic mass is 16.5. The Kier molecular flexibility index (Phi) is 3.02. The van der Waals surface area contributed by atoms with Crippen molar-refractivity contribution in [2.24, 2.45) is 0 Å². The molecule has 0 N–H and O–H groups in total. The summed E-state index contributed by atoms with van der Waals surface area (Å²) in [6.07, 6.45) is 2.66. The number of pyridine rings is 1. The van der Waals surface area contributed by atoms with Crippen molar-refractivity contribution in [2.75, 3.05) is 6.61 Å². The standard InChI is InChI=1S/C13H12N2O/c1-2-8-16-12-6-5-10(9-14)11-4-3-7-15-13(11)12/h3-7H,2,8H2,1H3. The van der Waals surface area contributed by atoms with Gasteiger partial charge in [-0.05, 0) is 30.7 Å². The van der Waals surface area contributed by atoms with Gasteiger partial charge in [0.25, 0.3) is 0 Å². The number of rotatable bonds is 3. The van der Waals surface area contributed by atoms with Crippen molar-refractivity contribution in [3.63, 3.8) is 0 Å². The Balaban J connectivity index is 2.57. The number of benzene rings is 1. The van der Waals surface area contributed by atoms with Crippen molar-refractivity contribution in [2.45, 2.75) is 13.3 Å². The zero-order valence-corrected chi connectivity index (χ0v) is 9.10. The molecule has 0 saturated carbocycles. The smallest absolute Gasteiger partial charge is 0.145 e. The zero-order valence-electron chi connectivity index (χ0n) is 9.10. The van der Waals surface area contributed by atoms with Gasteiger partial charge in [0.15, 0.2) is 0 Å². The molecule has 3 nitrogen and oxygen atoms in total. The number of hydrogen-bond donors (Lipinski definition) is 0. The summed E-state index contributed by atoms with van der Waals surface area (Å²) in [5.74, 6) is 0.747. The van der Waals surface area contributed by atoms with Gasteiger partial charge in [-0.3, -0.25) is 4.98 Å². The molecule has 1 aromatic carbocycles. The lowest BCUT2D eigenvalue weighted by molar-refractivity contribution is 0.320. The molecule has 0 aliphatic carbocycles. The zero-order chi connectivity index (χ0) is 11.4. The molecule has 0 saturated heterocycles. The highest BCUT2D eigenvalue weighted by Gasteiger charge is 2.06. The van der Waals surface area contributed by atoms with E-state index in [0.717, 1.165) is 23.1 Å². The fourth-order valence-electron chi connectivity index (χ4n) is 1.57. The maximum atomic E-state index is 8.98. The molecule has 80 valence electrons. The maximum absolute atomic E-state index is 8.98. The van der Waals surface area contributed by atoms with E-state index in [1.54, 1.807) is 12.3 Å². The minimum absolute atomic E-state index is 0.631. The lowest BCUT2D eigenvalue weighted by Crippen LogP contribution is -1.97. The van der Waals surface area contributed by atoms with Crippen LogP contribution in [0.1, 0.15) is 18.9 Å². The van der Waals surface area contributed by atoms with E-state index in [9.17, 15) is 0 Å². The first kappa shape index (κ1) is 10.4. The lowest BCUT2D eigenvalue weighted by atomic mass is 10.1. The first-order valence-corrected chi connectivity index (χ1v) is 5.27. The third-order valence-electron chi connectivity index (χ3n) is 2.31. The van der Waals surface area contributed by atoms with Gasteiger partial charge in [-0.2, -0.15) is 5.26 Å². The van der Waals surface area contributed by atoms with E-state index in [1.807, 2.05) is 18.2 Å². The molecule has 3 heteroatoms. The molecule has 0 unspecified atom stereocenters. The first-order valence-electron chi connectivity index (χ1n) is 5.27. The molecular formula is C13H12N2O. The molecule has 0 aliphatic rings. The number of aromatic nitrogens is 1. The Labute approximate surface area is 94.3 Å². The van der Waals surface area contributed by atoms with Crippen molar-refractivity contribution < 1.29 is 4.74 Å². The average Bonchev–Trinajstić information content (AvgIpc) is 2.36. The Morgan fingerprint density at radius 1 is 1.38 bits per heavy atom. The van der Waals surface area contributed by atoms with Gasteiger partial charge in [0.2, 0.25) is 0 Å². The van der Waals surface area contributed by atoms with Crippen molar-refractivity contribution in [1.29, 1.82) is 5.26 Å². The highest BCUT2D eigenvalue weighted by Crippen LogP contribution is 2.26. The van der Waals surface area contributed by atoms with E-state index in [0.29, 0.717) is 12.2 Å². The monoisotopic (exact) mass is 212 g/mol. The second kappa shape index (κ2) is 4.63. The Bertz CT molecular complexity index is 543. The minimum Gasteiger partial charge on any atom is -0.491 e. The number of fused-ring (bicyclic) bond motifs is 1. The summed E-state index contributed by atoms with van der Waals surface area (Å²) < 4.78 is 5.60. The van der Waals surface area contributed by atoms with E-state index in [4.69, 9.17) is 10.00 Å². The number of hydrogen-bond acceptors (Lipinski definition) is 3. The van der Waals surface area contributed by atoms with E-state index in [1.165, 1.54) is 0 Å². The largest absolute Gasteiger partial charge is 0.491 e. The van der Waals surface area contributed by atoms with Crippen molar-refractivity contribution >= 4 is 10.9 Å². The predicted molar refractivity (Wildman–Crippen MR) is 62.2 cm³/mol. The van der Waals surface area contributed by atoms with Crippen LogP contribution < -0.4 is 4.74 Å². The van der Waals surface area contributed by atoms with Crippen molar-refractivity contribution in [1.82, 2.24) is 4.98 Å². The third kappa shape index (κ3) is 1.82. The van der Waals surface area contributed by atoms with Gasteiger partial charge in [0.05, 0.1) is 18.2 Å². The molecule has 0 radical (unpaired) electrons. The van der Waals surface area contributed by atoms with E-state index < -0.39 is 0 Å². The summed E-state index contributed by atoms with van der Waals surface area (Å²) in [7, 11) is 0. The maximum Gasteiger partial charge on any atom is 0.145 e. The topological polar surface area (TPSA) is 45.9 Å². The summed E-state index contributed by atoms with van der Waals surface area (Å²) in [6.45, 7) is 2.72. The number of nitriles is 1. The SMILES string of the molecule is CCCOc1ccc(C#N)c2cccnc12. The van der Waals surface area contributed by atoms with Gasteiger partial charge in [-0.1, -0.05) is 6.92 Å². The van der Waals surface area contributed by atoms with Crippen molar-refractivity contribution in [3.05, 3.63) is 36.0 Å². The van der Waals surface area contributed by atoms with E-state index in [-0.39, 0.29) is 0 Å². The van der Waals surface area contributed by atoms with Crippen LogP contribution in [0.15, 0.2) is 30.5 Å². The molecule has 1 aromatic heterocycles. The van der Waals surface area contributed by atoms with E-state index in [2.05, 4.69) is 18.0 Å². The van der Waals surface area contributed by atoms with Crippen LogP contribution in [-0.4, -0.2) is 11.6 Å². The van der Waals surface area contributed by atoms with Crippen LogP contribution in [0.5, 0.6) is 5.75 Å². The van der Waals surface area contributed by atoms with E-state index >= 15 is 0 Å². The quantitative estimate of drug-likeness (QED) is 0.785.